The van der Waals surface area contributed by atoms with E-state index in [2.05, 4.69) is 0 Å². The Morgan fingerprint density at radius 1 is 1.24 bits per heavy atom. The van der Waals surface area contributed by atoms with Crippen LogP contribution in [0.25, 0.3) is 0 Å². The number of hydrogen-bond acceptors (Lipinski definition) is 6. The molecule has 0 unspecified atom stereocenters. The standard InChI is InChI=1S/C16H22N2O6S/c1-23-14-2-4-15(5-3-14)25(21,22)18-7-12-6-17(9-16(19)20)8-13(18)11-24-10-12/h2-5,12-13H,6-11H2,1H3,(H,19,20)/t12-,13-/m0/s1. The molecule has 1 aromatic rings. The number of hydrogen-bond donors (Lipinski definition) is 1. The van der Waals surface area contributed by atoms with Crippen molar-refractivity contribution in [2.24, 2.45) is 5.92 Å². The van der Waals surface area contributed by atoms with E-state index in [9.17, 15) is 13.2 Å². The van der Waals surface area contributed by atoms with Crippen LogP contribution >= 0.6 is 0 Å². The van der Waals surface area contributed by atoms with Crippen molar-refractivity contribution < 1.29 is 27.8 Å². The molecule has 0 saturated carbocycles. The first-order valence-electron chi connectivity index (χ1n) is 8.08. The van der Waals surface area contributed by atoms with Gasteiger partial charge in [-0.25, -0.2) is 8.42 Å². The number of sulfonamides is 1. The van der Waals surface area contributed by atoms with Gasteiger partial charge in [-0.15, -0.1) is 0 Å². The summed E-state index contributed by atoms with van der Waals surface area (Å²) in [4.78, 5) is 13.0. The first kappa shape index (κ1) is 18.1. The number of carboxylic acids is 1. The van der Waals surface area contributed by atoms with E-state index in [0.717, 1.165) is 0 Å². The number of fused-ring (bicyclic) bond motifs is 3. The van der Waals surface area contributed by atoms with Crippen LogP contribution in [0.1, 0.15) is 0 Å². The minimum Gasteiger partial charge on any atom is -0.497 e. The Balaban J connectivity index is 1.88. The second kappa shape index (κ2) is 7.28. The molecule has 1 N–H and O–H groups in total. The van der Waals surface area contributed by atoms with Gasteiger partial charge in [0.15, 0.2) is 0 Å². The molecule has 0 spiro atoms. The molecule has 138 valence electrons. The van der Waals surface area contributed by atoms with Crippen LogP contribution in [0.5, 0.6) is 5.75 Å². The molecule has 2 atom stereocenters. The average Bonchev–Trinajstić information content (AvgIpc) is 2.85. The maximum Gasteiger partial charge on any atom is 0.317 e. The maximum atomic E-state index is 13.1. The van der Waals surface area contributed by atoms with E-state index in [1.165, 1.54) is 23.5 Å². The summed E-state index contributed by atoms with van der Waals surface area (Å²) in [6, 6.07) is 5.88. The number of nitrogens with zero attached hydrogens (tertiary/aromatic N) is 2. The third-order valence-corrected chi connectivity index (χ3v) is 6.45. The Kier molecular flexibility index (Phi) is 5.28. The highest BCUT2D eigenvalue weighted by atomic mass is 32.2. The first-order valence-corrected chi connectivity index (χ1v) is 9.52. The summed E-state index contributed by atoms with van der Waals surface area (Å²) in [5.74, 6) is -0.380. The molecule has 0 amide bonds. The van der Waals surface area contributed by atoms with Crippen molar-refractivity contribution >= 4 is 16.0 Å². The molecule has 2 saturated heterocycles. The van der Waals surface area contributed by atoms with Crippen LogP contribution in [0, 0.1) is 5.92 Å². The zero-order valence-corrected chi connectivity index (χ0v) is 14.8. The summed E-state index contributed by atoms with van der Waals surface area (Å²) in [5, 5.41) is 9.06. The van der Waals surface area contributed by atoms with E-state index in [1.54, 1.807) is 17.0 Å². The molecule has 25 heavy (non-hydrogen) atoms. The molecule has 2 aliphatic rings. The summed E-state index contributed by atoms with van der Waals surface area (Å²) in [5.41, 5.74) is 0. The highest BCUT2D eigenvalue weighted by Crippen LogP contribution is 2.27. The number of carboxylic acid groups (broad SMARTS) is 1. The number of rotatable bonds is 5. The van der Waals surface area contributed by atoms with Gasteiger partial charge in [0, 0.05) is 25.6 Å². The number of ether oxygens (including phenoxy) is 2. The third-order valence-electron chi connectivity index (χ3n) is 4.52. The molecule has 8 nitrogen and oxygen atoms in total. The van der Waals surface area contributed by atoms with Crippen molar-refractivity contribution in [3.8, 4) is 5.75 Å². The van der Waals surface area contributed by atoms with Crippen molar-refractivity contribution in [2.45, 2.75) is 10.9 Å². The lowest BCUT2D eigenvalue weighted by atomic mass is 10.1. The molecule has 2 fully saturated rings. The van der Waals surface area contributed by atoms with Gasteiger partial charge in [0.2, 0.25) is 10.0 Å². The minimum absolute atomic E-state index is 0.0557. The van der Waals surface area contributed by atoms with Crippen molar-refractivity contribution in [2.75, 3.05) is 46.5 Å². The van der Waals surface area contributed by atoms with Gasteiger partial charge in [0.1, 0.15) is 5.75 Å². The molecule has 3 rings (SSSR count). The monoisotopic (exact) mass is 370 g/mol. The lowest BCUT2D eigenvalue weighted by Gasteiger charge is -2.30. The SMILES string of the molecule is COc1ccc(S(=O)(=O)N2C[C@H]3COC[C@@H]2CN(CC(=O)O)C3)cc1. The van der Waals surface area contributed by atoms with E-state index in [4.69, 9.17) is 14.6 Å². The summed E-state index contributed by atoms with van der Waals surface area (Å²) in [6.07, 6.45) is 0. The molecular formula is C16H22N2O6S. The van der Waals surface area contributed by atoms with Gasteiger partial charge in [0.25, 0.3) is 0 Å². The van der Waals surface area contributed by atoms with Gasteiger partial charge in [-0.3, -0.25) is 9.69 Å². The number of benzene rings is 1. The maximum absolute atomic E-state index is 13.1. The van der Waals surface area contributed by atoms with E-state index < -0.39 is 22.0 Å². The highest BCUT2D eigenvalue weighted by molar-refractivity contribution is 7.89. The van der Waals surface area contributed by atoms with Gasteiger partial charge < -0.3 is 14.6 Å². The molecule has 0 aromatic heterocycles. The fourth-order valence-electron chi connectivity index (χ4n) is 3.40. The smallest absolute Gasteiger partial charge is 0.317 e. The second-order valence-electron chi connectivity index (χ2n) is 6.40. The van der Waals surface area contributed by atoms with Crippen LogP contribution in [0.3, 0.4) is 0 Å². The van der Waals surface area contributed by atoms with Gasteiger partial charge >= 0.3 is 5.97 Å². The Morgan fingerprint density at radius 3 is 2.60 bits per heavy atom. The van der Waals surface area contributed by atoms with E-state index in [1.807, 2.05) is 0 Å². The first-order chi connectivity index (χ1) is 11.9. The van der Waals surface area contributed by atoms with Gasteiger partial charge in [-0.05, 0) is 24.3 Å². The topological polar surface area (TPSA) is 96.4 Å². The van der Waals surface area contributed by atoms with E-state index >= 15 is 0 Å². The summed E-state index contributed by atoms with van der Waals surface area (Å²) in [7, 11) is -2.17. The zero-order chi connectivity index (χ0) is 18.0. The average molecular weight is 370 g/mol. The van der Waals surface area contributed by atoms with Crippen LogP contribution in [0.4, 0.5) is 0 Å². The van der Waals surface area contributed by atoms with E-state index in [-0.39, 0.29) is 24.0 Å². The van der Waals surface area contributed by atoms with E-state index in [0.29, 0.717) is 32.0 Å². The van der Waals surface area contributed by atoms with Crippen molar-refractivity contribution in [1.82, 2.24) is 9.21 Å². The molecular weight excluding hydrogens is 348 g/mol. The van der Waals surface area contributed by atoms with Crippen LogP contribution in [-0.4, -0.2) is 81.2 Å². The molecule has 0 aliphatic carbocycles. The molecule has 2 bridgehead atoms. The number of aliphatic carboxylic acids is 1. The Labute approximate surface area is 147 Å². The highest BCUT2D eigenvalue weighted by Gasteiger charge is 2.40. The predicted octanol–water partition coefficient (Wildman–Crippen LogP) is 0.101. The lowest BCUT2D eigenvalue weighted by molar-refractivity contribution is -0.138. The molecule has 2 aliphatic heterocycles. The summed E-state index contributed by atoms with van der Waals surface area (Å²) >= 11 is 0. The quantitative estimate of drug-likeness (QED) is 0.785. The van der Waals surface area contributed by atoms with Crippen LogP contribution < -0.4 is 4.74 Å². The largest absolute Gasteiger partial charge is 0.497 e. The fraction of sp³-hybridized carbons (Fsp3) is 0.562. The van der Waals surface area contributed by atoms with Crippen LogP contribution in [0.2, 0.25) is 0 Å². The Morgan fingerprint density at radius 2 is 1.96 bits per heavy atom. The molecule has 2 heterocycles. The predicted molar refractivity (Wildman–Crippen MR) is 89.1 cm³/mol. The summed E-state index contributed by atoms with van der Waals surface area (Å²) < 4.78 is 38.4. The zero-order valence-electron chi connectivity index (χ0n) is 14.0. The van der Waals surface area contributed by atoms with Crippen molar-refractivity contribution in [3.63, 3.8) is 0 Å². The summed E-state index contributed by atoms with van der Waals surface area (Å²) in [6.45, 7) is 1.79. The van der Waals surface area contributed by atoms with Gasteiger partial charge in [-0.2, -0.15) is 4.31 Å². The lowest BCUT2D eigenvalue weighted by Crippen LogP contribution is -2.47. The third kappa shape index (κ3) is 3.95. The number of carbonyl (C=O) groups is 1. The van der Waals surface area contributed by atoms with Gasteiger partial charge in [-0.1, -0.05) is 0 Å². The second-order valence-corrected chi connectivity index (χ2v) is 8.29. The fourth-order valence-corrected chi connectivity index (χ4v) is 5.08. The van der Waals surface area contributed by atoms with Crippen LogP contribution in [-0.2, 0) is 19.6 Å². The Hall–Kier alpha value is -1.68. The molecule has 0 radical (unpaired) electrons. The van der Waals surface area contributed by atoms with Crippen molar-refractivity contribution in [3.05, 3.63) is 24.3 Å². The normalized spacial score (nSPS) is 25.3. The molecule has 1 aromatic carbocycles. The Bertz CT molecular complexity index is 721. The van der Waals surface area contributed by atoms with Gasteiger partial charge in [0.05, 0.1) is 37.8 Å². The number of methoxy groups -OCH3 is 1. The van der Waals surface area contributed by atoms with Crippen LogP contribution in [0.15, 0.2) is 29.2 Å². The van der Waals surface area contributed by atoms with Crippen molar-refractivity contribution in [1.29, 1.82) is 0 Å². The molecule has 9 heteroatoms. The minimum atomic E-state index is -3.69.